The van der Waals surface area contributed by atoms with E-state index in [1.807, 2.05) is 0 Å². The van der Waals surface area contributed by atoms with Crippen molar-refractivity contribution >= 4 is 52.5 Å². The van der Waals surface area contributed by atoms with Gasteiger partial charge in [-0.1, -0.05) is 11.8 Å². The Hall–Kier alpha value is -2.53. The lowest BCUT2D eigenvalue weighted by atomic mass is 9.98. The van der Waals surface area contributed by atoms with Gasteiger partial charge in [-0.3, -0.25) is 14.5 Å². The van der Waals surface area contributed by atoms with Crippen LogP contribution in [0.4, 0.5) is 0 Å². The summed E-state index contributed by atoms with van der Waals surface area (Å²) >= 11 is 0.750. The number of hydrogen-bond acceptors (Lipinski definition) is 11. The summed E-state index contributed by atoms with van der Waals surface area (Å²) in [6, 6.07) is 3.02. The molecule has 4 heterocycles. The van der Waals surface area contributed by atoms with Gasteiger partial charge >= 0.3 is 11.1 Å². The van der Waals surface area contributed by atoms with Crippen LogP contribution < -0.4 is 5.32 Å². The fourth-order valence-electron chi connectivity index (χ4n) is 3.38. The number of furan rings is 1. The Morgan fingerprint density at radius 2 is 2.33 bits per heavy atom. The minimum atomic E-state index is -1.76. The van der Waals surface area contributed by atoms with Crippen molar-refractivity contribution in [3.8, 4) is 0 Å². The van der Waals surface area contributed by atoms with Crippen molar-refractivity contribution in [2.75, 3.05) is 24.4 Å². The topological polar surface area (TPSA) is 176 Å². The molecule has 1 unspecified atom stereocenters. The molecule has 2 amide bonds. The van der Waals surface area contributed by atoms with E-state index in [-0.39, 0.29) is 22.3 Å². The van der Waals surface area contributed by atoms with Gasteiger partial charge in [-0.25, -0.2) is 9.48 Å². The molecule has 2 aromatic rings. The van der Waals surface area contributed by atoms with E-state index in [1.165, 1.54) is 47.6 Å². The van der Waals surface area contributed by atoms with Crippen LogP contribution in [0.3, 0.4) is 0 Å². The number of carbonyl (C=O) groups is 3. The Morgan fingerprint density at radius 3 is 2.94 bits per heavy atom. The van der Waals surface area contributed by atoms with Gasteiger partial charge < -0.3 is 24.1 Å². The molecule has 33 heavy (non-hydrogen) atoms. The summed E-state index contributed by atoms with van der Waals surface area (Å²) in [5, 5.41) is 23.3. The largest absolute Gasteiger partial charge is 0.609 e. The molecule has 13 nitrogen and oxygen atoms in total. The number of carboxylic acid groups (broad SMARTS) is 1. The molecule has 1 saturated heterocycles. The third-order valence-corrected chi connectivity index (χ3v) is 8.57. The lowest BCUT2D eigenvalue weighted by Crippen LogP contribution is -2.81. The summed E-state index contributed by atoms with van der Waals surface area (Å²) in [6.07, 6.45) is 1.34. The molecular weight excluding hydrogens is 496 g/mol. The normalized spacial score (nSPS) is 23.2. The van der Waals surface area contributed by atoms with Crippen molar-refractivity contribution in [3.05, 3.63) is 29.7 Å². The average Bonchev–Trinajstić information content (AvgIpc) is 3.47. The number of carboxylic acids is 1. The number of fused-ring (bicyclic) bond motifs is 1. The van der Waals surface area contributed by atoms with Gasteiger partial charge in [0.1, 0.15) is 11.1 Å². The third kappa shape index (κ3) is 4.23. The second kappa shape index (κ2) is 9.38. The summed E-state index contributed by atoms with van der Waals surface area (Å²) in [5.74, 6) is -2.59. The van der Waals surface area contributed by atoms with Gasteiger partial charge in [-0.15, -0.1) is 16.9 Å². The quantitative estimate of drug-likeness (QED) is 0.189. The van der Waals surface area contributed by atoms with E-state index < -0.39 is 45.8 Å². The molecule has 176 valence electrons. The first-order chi connectivity index (χ1) is 15.8. The van der Waals surface area contributed by atoms with E-state index in [2.05, 4.69) is 20.8 Å². The summed E-state index contributed by atoms with van der Waals surface area (Å²) in [7, 11) is 2.91. The maximum atomic E-state index is 13.1. The van der Waals surface area contributed by atoms with Crippen LogP contribution in [0.2, 0.25) is 0 Å². The average molecular weight is 515 g/mol. The van der Waals surface area contributed by atoms with Crippen molar-refractivity contribution in [2.45, 2.75) is 21.3 Å². The Morgan fingerprint density at radius 1 is 1.55 bits per heavy atom. The maximum absolute atomic E-state index is 13.1. The standard InChI is InChI=1S/C17H18N6O7S3/c1-22-16(19-20-21-22)32-7-9-6-31-15-17(29-2,14(27)23(15)12(9)13(25)26)18-10(24)8-33(28)11-4-3-5-30-11/h3-5,15H,6-8H2,1-2H3,(H,18,24)(H,25,26)/t15-,17-,33?/m0/s1. The van der Waals surface area contributed by atoms with Gasteiger partial charge in [-0.2, -0.15) is 0 Å². The zero-order valence-electron chi connectivity index (χ0n) is 17.3. The molecule has 0 spiro atoms. The second-order valence-corrected chi connectivity index (χ2v) is 10.3. The van der Waals surface area contributed by atoms with Gasteiger partial charge in [-0.05, 0) is 22.1 Å². The van der Waals surface area contributed by atoms with Crippen LogP contribution >= 0.6 is 23.5 Å². The van der Waals surface area contributed by atoms with Crippen molar-refractivity contribution in [2.24, 2.45) is 7.05 Å². The highest BCUT2D eigenvalue weighted by atomic mass is 32.2. The fourth-order valence-corrected chi connectivity index (χ4v) is 6.65. The van der Waals surface area contributed by atoms with E-state index in [0.29, 0.717) is 10.7 Å². The zero-order chi connectivity index (χ0) is 23.8. The molecule has 0 saturated carbocycles. The SMILES string of the molecule is CO[C@@]1(NC(=O)C[S+]([O-])c2ccco2)C(=O)N2C(C(=O)O)=C(CSc3nnnn3C)CS[C@H]21. The minimum Gasteiger partial charge on any atom is -0.609 e. The Kier molecular flexibility index (Phi) is 6.71. The smallest absolute Gasteiger partial charge is 0.352 e. The molecule has 16 heteroatoms. The summed E-state index contributed by atoms with van der Waals surface area (Å²) in [6.45, 7) is 0. The van der Waals surface area contributed by atoms with E-state index in [9.17, 15) is 24.0 Å². The molecular formula is C17H18N6O7S3. The second-order valence-electron chi connectivity index (χ2n) is 6.88. The molecule has 2 N–H and O–H groups in total. The van der Waals surface area contributed by atoms with Gasteiger partial charge in [0, 0.05) is 42.9 Å². The first kappa shape index (κ1) is 23.6. The van der Waals surface area contributed by atoms with Crippen LogP contribution in [0.5, 0.6) is 0 Å². The number of thioether (sulfide) groups is 2. The van der Waals surface area contributed by atoms with Gasteiger partial charge in [0.2, 0.25) is 5.16 Å². The van der Waals surface area contributed by atoms with Crippen molar-refractivity contribution < 1.29 is 33.2 Å². The summed E-state index contributed by atoms with van der Waals surface area (Å²) in [5.41, 5.74) is -1.41. The number of nitrogens with one attached hydrogen (secondary N) is 1. The number of aliphatic carboxylic acids is 1. The number of aryl methyl sites for hydroxylation is 1. The fraction of sp³-hybridized carbons (Fsp3) is 0.412. The van der Waals surface area contributed by atoms with Crippen LogP contribution in [0, 0.1) is 0 Å². The summed E-state index contributed by atoms with van der Waals surface area (Å²) in [4.78, 5) is 38.7. The summed E-state index contributed by atoms with van der Waals surface area (Å²) < 4.78 is 24.1. The van der Waals surface area contributed by atoms with Crippen LogP contribution in [0.25, 0.3) is 0 Å². The highest BCUT2D eigenvalue weighted by Gasteiger charge is 2.66. The number of hydrogen-bond donors (Lipinski definition) is 2. The highest BCUT2D eigenvalue weighted by Crippen LogP contribution is 2.47. The number of ether oxygens (including phenoxy) is 1. The maximum Gasteiger partial charge on any atom is 0.352 e. The van der Waals surface area contributed by atoms with Crippen molar-refractivity contribution in [1.29, 1.82) is 0 Å². The minimum absolute atomic E-state index is 0.126. The molecule has 2 aliphatic heterocycles. The van der Waals surface area contributed by atoms with Crippen LogP contribution in [0.15, 0.2) is 44.3 Å². The number of aromatic nitrogens is 4. The number of amides is 2. The van der Waals surface area contributed by atoms with E-state index in [0.717, 1.165) is 4.90 Å². The van der Waals surface area contributed by atoms with Gasteiger partial charge in [0.15, 0.2) is 5.75 Å². The number of tetrazole rings is 1. The molecule has 0 aliphatic carbocycles. The molecule has 0 aromatic carbocycles. The molecule has 0 bridgehead atoms. The first-order valence-electron chi connectivity index (χ1n) is 9.32. The number of β-lactam (4-membered cyclic amide) rings is 1. The Bertz CT molecular complexity index is 1110. The number of nitrogens with zero attached hydrogens (tertiary/aromatic N) is 5. The zero-order valence-corrected chi connectivity index (χ0v) is 19.7. The number of rotatable bonds is 9. The monoisotopic (exact) mass is 514 g/mol. The lowest BCUT2D eigenvalue weighted by molar-refractivity contribution is -0.192. The van der Waals surface area contributed by atoms with Gasteiger partial charge in [0.05, 0.1) is 6.26 Å². The predicted octanol–water partition coefficient (Wildman–Crippen LogP) is -0.584. The van der Waals surface area contributed by atoms with E-state index in [4.69, 9.17) is 9.15 Å². The third-order valence-electron chi connectivity index (χ3n) is 4.90. The first-order valence-corrected chi connectivity index (χ1v) is 12.7. The van der Waals surface area contributed by atoms with Gasteiger partial charge in [0.25, 0.3) is 17.5 Å². The predicted molar refractivity (Wildman–Crippen MR) is 115 cm³/mol. The molecule has 2 aromatic heterocycles. The number of methoxy groups -OCH3 is 1. The lowest BCUT2D eigenvalue weighted by Gasteiger charge is -2.55. The molecule has 1 fully saturated rings. The van der Waals surface area contributed by atoms with E-state index >= 15 is 0 Å². The van der Waals surface area contributed by atoms with Crippen LogP contribution in [-0.2, 0) is 37.3 Å². The van der Waals surface area contributed by atoms with E-state index in [1.54, 1.807) is 13.1 Å². The highest BCUT2D eigenvalue weighted by molar-refractivity contribution is 8.01. The van der Waals surface area contributed by atoms with Crippen molar-refractivity contribution in [3.63, 3.8) is 0 Å². The van der Waals surface area contributed by atoms with Crippen LogP contribution in [0.1, 0.15) is 0 Å². The Balaban J connectivity index is 1.50. The van der Waals surface area contributed by atoms with Crippen LogP contribution in [-0.4, -0.2) is 88.0 Å². The van der Waals surface area contributed by atoms with Crippen molar-refractivity contribution in [1.82, 2.24) is 30.4 Å². The molecule has 2 aliphatic rings. The number of carbonyl (C=O) groups excluding carboxylic acids is 2. The Labute approximate surface area is 198 Å². The molecule has 3 atom stereocenters. The molecule has 0 radical (unpaired) electrons. The molecule has 4 rings (SSSR count).